The van der Waals surface area contributed by atoms with E-state index in [9.17, 15) is 9.50 Å². The second-order valence-electron chi connectivity index (χ2n) is 2.93. The molecule has 0 fully saturated rings. The predicted molar refractivity (Wildman–Crippen MR) is 39.4 cm³/mol. The van der Waals surface area contributed by atoms with Crippen molar-refractivity contribution < 1.29 is 9.50 Å². The van der Waals surface area contributed by atoms with Crippen LogP contribution in [0.3, 0.4) is 0 Å². The molecule has 60 valence electrons. The van der Waals surface area contributed by atoms with Gasteiger partial charge in [-0.3, -0.25) is 0 Å². The van der Waals surface area contributed by atoms with E-state index in [0.29, 0.717) is 5.56 Å². The standard InChI is InChI=1S/C8H10FNO/c1-8(2,11)6-3-4-10-7(9)5-6/h3-5,11H,1-2H3. The van der Waals surface area contributed by atoms with Gasteiger partial charge in [-0.25, -0.2) is 4.98 Å². The molecular weight excluding hydrogens is 145 g/mol. The highest BCUT2D eigenvalue weighted by atomic mass is 19.1. The SMILES string of the molecule is CC(C)(O)c1ccnc(F)c1. The molecule has 0 unspecified atom stereocenters. The molecule has 0 saturated carbocycles. The maximum absolute atomic E-state index is 12.5. The van der Waals surface area contributed by atoms with E-state index in [4.69, 9.17) is 0 Å². The van der Waals surface area contributed by atoms with Crippen LogP contribution in [-0.4, -0.2) is 10.1 Å². The van der Waals surface area contributed by atoms with E-state index < -0.39 is 11.5 Å². The Kier molecular flexibility index (Phi) is 1.91. The monoisotopic (exact) mass is 155 g/mol. The number of nitrogens with zero attached hydrogens (tertiary/aromatic N) is 1. The maximum atomic E-state index is 12.5. The summed E-state index contributed by atoms with van der Waals surface area (Å²) in [6.07, 6.45) is 1.34. The smallest absolute Gasteiger partial charge is 0.213 e. The van der Waals surface area contributed by atoms with E-state index in [1.54, 1.807) is 19.9 Å². The quantitative estimate of drug-likeness (QED) is 0.622. The molecule has 0 aliphatic heterocycles. The topological polar surface area (TPSA) is 33.1 Å². The molecule has 11 heavy (non-hydrogen) atoms. The highest BCUT2D eigenvalue weighted by molar-refractivity contribution is 5.17. The Morgan fingerprint density at radius 3 is 2.55 bits per heavy atom. The van der Waals surface area contributed by atoms with E-state index in [1.165, 1.54) is 12.3 Å². The van der Waals surface area contributed by atoms with Gasteiger partial charge in [0.1, 0.15) is 0 Å². The first-order valence-corrected chi connectivity index (χ1v) is 3.34. The average Bonchev–Trinajstić information content (AvgIpc) is 1.86. The lowest BCUT2D eigenvalue weighted by Gasteiger charge is -2.16. The molecule has 1 rings (SSSR count). The highest BCUT2D eigenvalue weighted by Gasteiger charge is 2.15. The summed E-state index contributed by atoms with van der Waals surface area (Å²) in [7, 11) is 0. The number of hydrogen-bond acceptors (Lipinski definition) is 2. The van der Waals surface area contributed by atoms with Gasteiger partial charge in [0, 0.05) is 6.20 Å². The second kappa shape index (κ2) is 2.58. The average molecular weight is 155 g/mol. The minimum absolute atomic E-state index is 0.532. The van der Waals surface area contributed by atoms with Crippen LogP contribution in [0, 0.1) is 5.95 Å². The molecule has 1 aromatic heterocycles. The van der Waals surface area contributed by atoms with Crippen LogP contribution in [0.5, 0.6) is 0 Å². The van der Waals surface area contributed by atoms with Crippen molar-refractivity contribution in [2.75, 3.05) is 0 Å². The molecule has 1 heterocycles. The summed E-state index contributed by atoms with van der Waals surface area (Å²) in [5, 5.41) is 9.42. The molecule has 0 spiro atoms. The zero-order chi connectivity index (χ0) is 8.48. The van der Waals surface area contributed by atoms with Gasteiger partial charge in [0.15, 0.2) is 0 Å². The molecule has 0 radical (unpaired) electrons. The Morgan fingerprint density at radius 2 is 2.18 bits per heavy atom. The maximum Gasteiger partial charge on any atom is 0.213 e. The van der Waals surface area contributed by atoms with Gasteiger partial charge >= 0.3 is 0 Å². The molecule has 0 bridgehead atoms. The molecule has 0 atom stereocenters. The van der Waals surface area contributed by atoms with Crippen LogP contribution in [-0.2, 0) is 5.60 Å². The van der Waals surface area contributed by atoms with Crippen LogP contribution in [0.25, 0.3) is 0 Å². The third kappa shape index (κ3) is 1.98. The lowest BCUT2D eigenvalue weighted by atomic mass is 10.0. The molecule has 0 aliphatic carbocycles. The number of halogens is 1. The van der Waals surface area contributed by atoms with Gasteiger partial charge in [0.25, 0.3) is 0 Å². The van der Waals surface area contributed by atoms with Gasteiger partial charge in [0.05, 0.1) is 5.60 Å². The van der Waals surface area contributed by atoms with E-state index in [2.05, 4.69) is 4.98 Å². The van der Waals surface area contributed by atoms with Crippen LogP contribution < -0.4 is 0 Å². The van der Waals surface area contributed by atoms with E-state index in [0.717, 1.165) is 0 Å². The Bertz CT molecular complexity index is 255. The van der Waals surface area contributed by atoms with E-state index >= 15 is 0 Å². The van der Waals surface area contributed by atoms with Gasteiger partial charge in [-0.2, -0.15) is 4.39 Å². The first-order valence-electron chi connectivity index (χ1n) is 3.34. The van der Waals surface area contributed by atoms with Gasteiger partial charge in [-0.15, -0.1) is 0 Å². The largest absolute Gasteiger partial charge is 0.386 e. The fourth-order valence-electron chi connectivity index (χ4n) is 0.783. The van der Waals surface area contributed by atoms with E-state index in [1.807, 2.05) is 0 Å². The van der Waals surface area contributed by atoms with Crippen LogP contribution in [0.1, 0.15) is 19.4 Å². The summed E-state index contributed by atoms with van der Waals surface area (Å²) < 4.78 is 12.5. The summed E-state index contributed by atoms with van der Waals surface area (Å²) >= 11 is 0. The van der Waals surface area contributed by atoms with Crippen LogP contribution in [0.15, 0.2) is 18.3 Å². The van der Waals surface area contributed by atoms with Crippen molar-refractivity contribution in [3.8, 4) is 0 Å². The van der Waals surface area contributed by atoms with E-state index in [-0.39, 0.29) is 0 Å². The van der Waals surface area contributed by atoms with Gasteiger partial charge < -0.3 is 5.11 Å². The van der Waals surface area contributed by atoms with Gasteiger partial charge in [-0.1, -0.05) is 0 Å². The lowest BCUT2D eigenvalue weighted by Crippen LogP contribution is -2.15. The summed E-state index contributed by atoms with van der Waals surface area (Å²) in [5.74, 6) is -0.565. The van der Waals surface area contributed by atoms with Gasteiger partial charge in [0.2, 0.25) is 5.95 Å². The molecule has 0 aromatic carbocycles. The molecule has 3 heteroatoms. The van der Waals surface area contributed by atoms with Crippen molar-refractivity contribution in [3.63, 3.8) is 0 Å². The Morgan fingerprint density at radius 1 is 1.55 bits per heavy atom. The molecule has 1 N–H and O–H groups in total. The number of hydrogen-bond donors (Lipinski definition) is 1. The first-order chi connectivity index (χ1) is 5.00. The highest BCUT2D eigenvalue weighted by Crippen LogP contribution is 2.18. The first kappa shape index (κ1) is 8.14. The third-order valence-electron chi connectivity index (χ3n) is 1.43. The predicted octanol–water partition coefficient (Wildman–Crippen LogP) is 1.45. The number of aromatic nitrogens is 1. The minimum Gasteiger partial charge on any atom is -0.386 e. The lowest BCUT2D eigenvalue weighted by molar-refractivity contribution is 0.0780. The van der Waals surface area contributed by atoms with Gasteiger partial charge in [-0.05, 0) is 31.5 Å². The Labute approximate surface area is 64.7 Å². The van der Waals surface area contributed by atoms with Crippen molar-refractivity contribution in [2.24, 2.45) is 0 Å². The Balaban J connectivity index is 3.06. The van der Waals surface area contributed by atoms with Crippen LogP contribution in [0.2, 0.25) is 0 Å². The zero-order valence-electron chi connectivity index (χ0n) is 6.50. The number of pyridine rings is 1. The number of aliphatic hydroxyl groups is 1. The van der Waals surface area contributed by atoms with Crippen molar-refractivity contribution in [1.29, 1.82) is 0 Å². The fourth-order valence-corrected chi connectivity index (χ4v) is 0.783. The summed E-state index contributed by atoms with van der Waals surface area (Å²) in [4.78, 5) is 3.38. The zero-order valence-corrected chi connectivity index (χ0v) is 6.50. The molecule has 0 saturated heterocycles. The van der Waals surface area contributed by atoms with Crippen molar-refractivity contribution in [1.82, 2.24) is 4.98 Å². The normalized spacial score (nSPS) is 11.6. The number of rotatable bonds is 1. The van der Waals surface area contributed by atoms with Crippen molar-refractivity contribution in [2.45, 2.75) is 19.4 Å². The molecule has 0 aliphatic rings. The second-order valence-corrected chi connectivity index (χ2v) is 2.93. The summed E-state index contributed by atoms with van der Waals surface area (Å²) in [6, 6.07) is 2.81. The molecule has 1 aromatic rings. The van der Waals surface area contributed by atoms with Crippen molar-refractivity contribution in [3.05, 3.63) is 29.8 Å². The Hall–Kier alpha value is -0.960. The molecule has 2 nitrogen and oxygen atoms in total. The van der Waals surface area contributed by atoms with Crippen LogP contribution >= 0.6 is 0 Å². The molecular formula is C8H10FNO. The third-order valence-corrected chi connectivity index (χ3v) is 1.43. The fraction of sp³-hybridized carbons (Fsp3) is 0.375. The van der Waals surface area contributed by atoms with Crippen LogP contribution in [0.4, 0.5) is 4.39 Å². The summed E-state index contributed by atoms with van der Waals surface area (Å²) in [5.41, 5.74) is -0.464. The molecule has 0 amide bonds. The van der Waals surface area contributed by atoms with Crippen molar-refractivity contribution >= 4 is 0 Å². The summed E-state index contributed by atoms with van der Waals surface area (Å²) in [6.45, 7) is 3.20. The minimum atomic E-state index is -0.996.